The Labute approximate surface area is 178 Å². The molecule has 0 bridgehead atoms. The number of hydrogen-bond acceptors (Lipinski definition) is 7. The Balaban J connectivity index is 1.50. The summed E-state index contributed by atoms with van der Waals surface area (Å²) < 4.78 is 10.7. The number of methoxy groups -OCH3 is 2. The van der Waals surface area contributed by atoms with Crippen LogP contribution in [0.5, 0.6) is 11.5 Å². The second-order valence-electron chi connectivity index (χ2n) is 6.83. The monoisotopic (exact) mass is 413 g/mol. The molecule has 162 valence electrons. The molecule has 0 amide bonds. The second kappa shape index (κ2) is 11.2. The third-order valence-corrected chi connectivity index (χ3v) is 4.88. The SMILES string of the molecule is CCNC(=NCCN1CCN(c2ncccn2)CC1)Nc1ccc(OC)c(OC)c1. The average molecular weight is 414 g/mol. The van der Waals surface area contributed by atoms with Crippen molar-refractivity contribution in [3.8, 4) is 11.5 Å². The fraction of sp³-hybridized carbons (Fsp3) is 0.476. The molecule has 0 saturated carbocycles. The molecule has 0 unspecified atom stereocenters. The van der Waals surface area contributed by atoms with Crippen LogP contribution in [0.15, 0.2) is 41.7 Å². The Kier molecular flexibility index (Phi) is 8.08. The third kappa shape index (κ3) is 5.96. The van der Waals surface area contributed by atoms with Gasteiger partial charge in [0.1, 0.15) is 0 Å². The van der Waals surface area contributed by atoms with Gasteiger partial charge in [0.15, 0.2) is 17.5 Å². The minimum atomic E-state index is 0.679. The van der Waals surface area contributed by atoms with E-state index in [0.29, 0.717) is 18.0 Å². The van der Waals surface area contributed by atoms with Gasteiger partial charge >= 0.3 is 0 Å². The Morgan fingerprint density at radius 3 is 2.47 bits per heavy atom. The molecule has 0 aliphatic carbocycles. The largest absolute Gasteiger partial charge is 0.493 e. The second-order valence-corrected chi connectivity index (χ2v) is 6.83. The molecule has 2 heterocycles. The van der Waals surface area contributed by atoms with Crippen LogP contribution in [-0.2, 0) is 0 Å². The van der Waals surface area contributed by atoms with Crippen LogP contribution in [0.3, 0.4) is 0 Å². The molecular weight excluding hydrogens is 382 g/mol. The van der Waals surface area contributed by atoms with Crippen molar-refractivity contribution < 1.29 is 9.47 Å². The summed E-state index contributed by atoms with van der Waals surface area (Å²) in [6.07, 6.45) is 3.58. The zero-order valence-corrected chi connectivity index (χ0v) is 18.0. The van der Waals surface area contributed by atoms with E-state index in [9.17, 15) is 0 Å². The lowest BCUT2D eigenvalue weighted by Crippen LogP contribution is -2.47. The molecular formula is C21H31N7O2. The quantitative estimate of drug-likeness (QED) is 0.500. The molecule has 1 aromatic heterocycles. The first kappa shape index (κ1) is 21.6. The number of hydrogen-bond donors (Lipinski definition) is 2. The van der Waals surface area contributed by atoms with Crippen molar-refractivity contribution in [1.82, 2.24) is 20.2 Å². The summed E-state index contributed by atoms with van der Waals surface area (Å²) in [6, 6.07) is 7.56. The van der Waals surface area contributed by atoms with Gasteiger partial charge in [-0.25, -0.2) is 9.97 Å². The summed E-state index contributed by atoms with van der Waals surface area (Å²) in [4.78, 5) is 18.0. The van der Waals surface area contributed by atoms with Gasteiger partial charge in [0.05, 0.1) is 20.8 Å². The fourth-order valence-electron chi connectivity index (χ4n) is 3.29. The maximum atomic E-state index is 5.37. The standard InChI is InChI=1S/C21H31N7O2/c1-4-22-20(26-17-6-7-18(29-2)19(16-17)30-3)23-10-11-27-12-14-28(15-13-27)21-24-8-5-9-25-21/h5-9,16H,4,10-15H2,1-3H3,(H2,22,23,26). The summed E-state index contributed by atoms with van der Waals surface area (Å²) >= 11 is 0. The van der Waals surface area contributed by atoms with E-state index in [-0.39, 0.29) is 0 Å². The van der Waals surface area contributed by atoms with Crippen LogP contribution >= 0.6 is 0 Å². The smallest absolute Gasteiger partial charge is 0.225 e. The van der Waals surface area contributed by atoms with Crippen molar-refractivity contribution >= 4 is 17.6 Å². The van der Waals surface area contributed by atoms with Gasteiger partial charge in [-0.1, -0.05) is 0 Å². The van der Waals surface area contributed by atoms with Gasteiger partial charge in [-0.2, -0.15) is 0 Å². The van der Waals surface area contributed by atoms with E-state index < -0.39 is 0 Å². The maximum absolute atomic E-state index is 5.37. The summed E-state index contributed by atoms with van der Waals surface area (Å²) in [5, 5.41) is 6.62. The molecule has 9 nitrogen and oxygen atoms in total. The molecule has 1 saturated heterocycles. The Morgan fingerprint density at radius 1 is 1.07 bits per heavy atom. The topological polar surface area (TPSA) is 87.1 Å². The fourth-order valence-corrected chi connectivity index (χ4v) is 3.29. The third-order valence-electron chi connectivity index (χ3n) is 4.88. The molecule has 2 aromatic rings. The lowest BCUT2D eigenvalue weighted by Gasteiger charge is -2.34. The summed E-state index contributed by atoms with van der Waals surface area (Å²) in [6.45, 7) is 8.28. The molecule has 2 N–H and O–H groups in total. The molecule has 3 rings (SSSR count). The predicted octanol–water partition coefficient (Wildman–Crippen LogP) is 1.69. The lowest BCUT2D eigenvalue weighted by atomic mass is 10.3. The van der Waals surface area contributed by atoms with Gasteiger partial charge in [0.25, 0.3) is 0 Å². The number of piperazine rings is 1. The van der Waals surface area contributed by atoms with Crippen molar-refractivity contribution in [2.24, 2.45) is 4.99 Å². The average Bonchev–Trinajstić information content (AvgIpc) is 2.80. The first-order valence-electron chi connectivity index (χ1n) is 10.2. The molecule has 0 atom stereocenters. The van der Waals surface area contributed by atoms with Crippen molar-refractivity contribution in [3.05, 3.63) is 36.7 Å². The number of guanidine groups is 1. The first-order valence-corrected chi connectivity index (χ1v) is 10.2. The van der Waals surface area contributed by atoms with Gasteiger partial charge < -0.3 is 25.0 Å². The maximum Gasteiger partial charge on any atom is 0.225 e. The Morgan fingerprint density at radius 2 is 1.80 bits per heavy atom. The number of rotatable bonds is 8. The normalized spacial score (nSPS) is 15.0. The number of aliphatic imine (C=N–C) groups is 1. The van der Waals surface area contributed by atoms with Crippen molar-refractivity contribution in [2.75, 3.05) is 70.2 Å². The van der Waals surface area contributed by atoms with Crippen LogP contribution in [0.2, 0.25) is 0 Å². The number of nitrogens with one attached hydrogen (secondary N) is 2. The van der Waals surface area contributed by atoms with Gasteiger partial charge in [0, 0.05) is 63.4 Å². The molecule has 0 spiro atoms. The molecule has 1 aromatic carbocycles. The Bertz CT molecular complexity index is 808. The van der Waals surface area contributed by atoms with E-state index in [4.69, 9.17) is 14.5 Å². The molecule has 30 heavy (non-hydrogen) atoms. The van der Waals surface area contributed by atoms with Crippen LogP contribution in [0.1, 0.15) is 6.92 Å². The van der Waals surface area contributed by atoms with Gasteiger partial charge in [-0.3, -0.25) is 9.89 Å². The van der Waals surface area contributed by atoms with Crippen molar-refractivity contribution in [2.45, 2.75) is 6.92 Å². The molecule has 9 heteroatoms. The summed E-state index contributed by atoms with van der Waals surface area (Å²) in [7, 11) is 3.26. The predicted molar refractivity (Wildman–Crippen MR) is 120 cm³/mol. The summed E-state index contributed by atoms with van der Waals surface area (Å²) in [5.41, 5.74) is 0.892. The van der Waals surface area contributed by atoms with Crippen LogP contribution in [-0.4, -0.2) is 80.9 Å². The zero-order valence-electron chi connectivity index (χ0n) is 18.0. The highest BCUT2D eigenvalue weighted by atomic mass is 16.5. The number of aromatic nitrogens is 2. The van der Waals surface area contributed by atoms with Crippen LogP contribution in [0.4, 0.5) is 11.6 Å². The van der Waals surface area contributed by atoms with Crippen molar-refractivity contribution in [3.63, 3.8) is 0 Å². The zero-order chi connectivity index (χ0) is 21.2. The van der Waals surface area contributed by atoms with Crippen molar-refractivity contribution in [1.29, 1.82) is 0 Å². The number of anilines is 2. The van der Waals surface area contributed by atoms with Gasteiger partial charge in [-0.15, -0.1) is 0 Å². The Hall–Kier alpha value is -3.07. The highest BCUT2D eigenvalue weighted by Crippen LogP contribution is 2.29. The number of nitrogens with zero attached hydrogens (tertiary/aromatic N) is 5. The minimum absolute atomic E-state index is 0.679. The van der Waals surface area contributed by atoms with E-state index in [2.05, 4.69) is 37.3 Å². The van der Waals surface area contributed by atoms with Gasteiger partial charge in [-0.05, 0) is 25.1 Å². The van der Waals surface area contributed by atoms with Crippen LogP contribution < -0.4 is 25.0 Å². The van der Waals surface area contributed by atoms with E-state index in [1.807, 2.05) is 24.3 Å². The first-order chi connectivity index (χ1) is 14.7. The van der Waals surface area contributed by atoms with Crippen LogP contribution in [0.25, 0.3) is 0 Å². The number of ether oxygens (including phenoxy) is 2. The van der Waals surface area contributed by atoms with E-state index >= 15 is 0 Å². The van der Waals surface area contributed by atoms with Crippen LogP contribution in [0, 0.1) is 0 Å². The van der Waals surface area contributed by atoms with E-state index in [0.717, 1.165) is 56.9 Å². The molecule has 1 fully saturated rings. The van der Waals surface area contributed by atoms with E-state index in [1.54, 1.807) is 26.6 Å². The number of benzene rings is 1. The van der Waals surface area contributed by atoms with Gasteiger partial charge in [0.2, 0.25) is 5.95 Å². The lowest BCUT2D eigenvalue weighted by molar-refractivity contribution is 0.264. The molecule has 0 radical (unpaired) electrons. The highest BCUT2D eigenvalue weighted by molar-refractivity contribution is 5.93. The molecule has 1 aliphatic heterocycles. The summed E-state index contributed by atoms with van der Waals surface area (Å²) in [5.74, 6) is 2.94. The minimum Gasteiger partial charge on any atom is -0.493 e. The highest BCUT2D eigenvalue weighted by Gasteiger charge is 2.18. The molecule has 1 aliphatic rings. The van der Waals surface area contributed by atoms with E-state index in [1.165, 1.54) is 0 Å².